The van der Waals surface area contributed by atoms with Gasteiger partial charge in [0.2, 0.25) is 5.91 Å². The third-order valence-electron chi connectivity index (χ3n) is 12.4. The number of ether oxygens (including phenoxy) is 2. The van der Waals surface area contributed by atoms with E-state index in [0.717, 1.165) is 64.5 Å². The van der Waals surface area contributed by atoms with E-state index in [9.17, 15) is 27.2 Å². The second-order valence-corrected chi connectivity index (χ2v) is 18.8. The van der Waals surface area contributed by atoms with Crippen molar-refractivity contribution in [1.29, 1.82) is 0 Å². The van der Waals surface area contributed by atoms with Crippen molar-refractivity contribution in [3.05, 3.63) is 48.1 Å². The number of carbonyl (C=O) groups is 3. The fraction of sp³-hybridized carbons (Fsp3) is 0.650. The maximum atomic E-state index is 14.4. The van der Waals surface area contributed by atoms with Crippen LogP contribution < -0.4 is 9.64 Å². The van der Waals surface area contributed by atoms with E-state index in [4.69, 9.17) is 9.47 Å². The SMILES string of the molecule is CCOC(=O)/C=C/C(=O)N1C[C@@H]2C[C@H]1CN2S(=O)(=O)N1CCC(CN2CCC3(CC2)CN(c2ncnnc2Oc2ccc(F)cc2C(=O)N(C(C)C)C(C)C)C3)CC1. The van der Waals surface area contributed by atoms with Crippen molar-refractivity contribution in [2.24, 2.45) is 11.3 Å². The van der Waals surface area contributed by atoms with Gasteiger partial charge in [0.15, 0.2) is 5.82 Å². The number of piperazine rings is 1. The topological polar surface area (TPSA) is 162 Å². The number of aromatic nitrogens is 3. The number of amides is 2. The lowest BCUT2D eigenvalue weighted by Gasteiger charge is -2.54. The summed E-state index contributed by atoms with van der Waals surface area (Å²) in [6.45, 7) is 15.6. The number of esters is 1. The van der Waals surface area contributed by atoms with Crippen LogP contribution in [0.2, 0.25) is 0 Å². The van der Waals surface area contributed by atoms with Crippen LogP contribution in [0, 0.1) is 17.2 Å². The third-order valence-corrected chi connectivity index (χ3v) is 14.5. The molecule has 2 amide bonds. The number of likely N-dealkylation sites (tertiary alicyclic amines) is 2. The molecule has 5 fully saturated rings. The predicted octanol–water partition coefficient (Wildman–Crippen LogP) is 3.33. The highest BCUT2D eigenvalue weighted by Gasteiger charge is 2.51. The molecule has 2 bridgehead atoms. The highest BCUT2D eigenvalue weighted by molar-refractivity contribution is 7.86. The van der Waals surface area contributed by atoms with Crippen molar-refractivity contribution in [2.45, 2.75) is 90.9 Å². The van der Waals surface area contributed by atoms with Gasteiger partial charge in [0.25, 0.3) is 22.0 Å². The van der Waals surface area contributed by atoms with Crippen molar-refractivity contribution in [2.75, 3.05) is 70.4 Å². The number of rotatable bonds is 13. The monoisotopic (exact) mass is 825 g/mol. The molecule has 58 heavy (non-hydrogen) atoms. The van der Waals surface area contributed by atoms with Crippen LogP contribution >= 0.6 is 0 Å². The van der Waals surface area contributed by atoms with E-state index in [1.807, 2.05) is 27.7 Å². The van der Waals surface area contributed by atoms with E-state index in [2.05, 4.69) is 25.0 Å². The molecule has 316 valence electrons. The van der Waals surface area contributed by atoms with Gasteiger partial charge in [-0.3, -0.25) is 9.59 Å². The van der Waals surface area contributed by atoms with Crippen LogP contribution in [-0.4, -0.2) is 154 Å². The number of fused-ring (bicyclic) bond motifs is 2. The van der Waals surface area contributed by atoms with Crippen molar-refractivity contribution in [3.8, 4) is 11.6 Å². The summed E-state index contributed by atoms with van der Waals surface area (Å²) in [6, 6.07) is 3.25. The molecule has 2 aromatic rings. The Morgan fingerprint density at radius 2 is 1.71 bits per heavy atom. The first-order valence-electron chi connectivity index (χ1n) is 20.6. The lowest BCUT2D eigenvalue weighted by Crippen LogP contribution is -2.61. The highest BCUT2D eigenvalue weighted by Crippen LogP contribution is 2.45. The molecule has 0 N–H and O–H groups in total. The quantitative estimate of drug-likeness (QED) is 0.215. The minimum Gasteiger partial charge on any atom is -0.463 e. The molecule has 2 atom stereocenters. The molecule has 18 heteroatoms. The molecule has 0 saturated carbocycles. The molecule has 0 unspecified atom stereocenters. The zero-order valence-corrected chi connectivity index (χ0v) is 34.9. The third kappa shape index (κ3) is 8.70. The number of hydrogen-bond acceptors (Lipinski definition) is 12. The molecular formula is C40H56FN9O7S. The largest absolute Gasteiger partial charge is 0.463 e. The molecule has 6 heterocycles. The van der Waals surface area contributed by atoms with Crippen LogP contribution in [0.1, 0.15) is 77.1 Å². The number of carbonyl (C=O) groups excluding carboxylic acids is 3. The molecular weight excluding hydrogens is 770 g/mol. The second kappa shape index (κ2) is 17.1. The zero-order valence-electron chi connectivity index (χ0n) is 34.1. The van der Waals surface area contributed by atoms with Crippen LogP contribution in [0.5, 0.6) is 11.6 Å². The standard InChI is InChI=1S/C40H56FN9O7S/c1-6-56-36(52)10-9-35(51)48-22-32-20-31(48)23-49(32)58(54,55)47-15-11-29(12-16-47)21-45-17-13-40(14-18-45)24-46(25-40)37-38(44-43-26-42-37)57-34-8-7-30(41)19-33(34)39(53)50(27(2)3)28(4)5/h7-10,19,26-29,31-32H,6,11-18,20-25H2,1-5H3/b10-9+/t31-,32-/m0/s1. The summed E-state index contributed by atoms with van der Waals surface area (Å²) < 4.78 is 56.1. The fourth-order valence-electron chi connectivity index (χ4n) is 9.49. The maximum absolute atomic E-state index is 14.4. The van der Waals surface area contributed by atoms with Gasteiger partial charge in [-0.15, -0.1) is 10.2 Å². The Kier molecular flexibility index (Phi) is 12.4. The van der Waals surface area contributed by atoms with E-state index >= 15 is 0 Å². The number of benzene rings is 1. The normalized spacial score (nSPS) is 23.0. The van der Waals surface area contributed by atoms with E-state index in [0.29, 0.717) is 37.8 Å². The van der Waals surface area contributed by atoms with Crippen LogP contribution in [0.3, 0.4) is 0 Å². The summed E-state index contributed by atoms with van der Waals surface area (Å²) >= 11 is 0. The van der Waals surface area contributed by atoms with Gasteiger partial charge < -0.3 is 29.1 Å². The molecule has 16 nitrogen and oxygen atoms in total. The van der Waals surface area contributed by atoms with Crippen LogP contribution in [0.15, 0.2) is 36.7 Å². The summed E-state index contributed by atoms with van der Waals surface area (Å²) in [5, 5.41) is 8.18. The number of halogens is 1. The first-order chi connectivity index (χ1) is 27.7. The van der Waals surface area contributed by atoms with E-state index in [1.165, 1.54) is 30.6 Å². The van der Waals surface area contributed by atoms with Gasteiger partial charge >= 0.3 is 5.97 Å². The first-order valence-corrected chi connectivity index (χ1v) is 21.9. The highest BCUT2D eigenvalue weighted by atomic mass is 32.2. The summed E-state index contributed by atoms with van der Waals surface area (Å²) in [4.78, 5) is 50.4. The van der Waals surface area contributed by atoms with Gasteiger partial charge in [0.1, 0.15) is 17.9 Å². The van der Waals surface area contributed by atoms with Crippen LogP contribution in [0.4, 0.5) is 10.2 Å². The van der Waals surface area contributed by atoms with Gasteiger partial charge in [0.05, 0.1) is 12.2 Å². The molecule has 1 aromatic heterocycles. The Hall–Kier alpha value is -4.26. The Bertz CT molecular complexity index is 1970. The maximum Gasteiger partial charge on any atom is 0.330 e. The molecule has 1 aromatic carbocycles. The average molecular weight is 826 g/mol. The minimum absolute atomic E-state index is 0.0986. The predicted molar refractivity (Wildman–Crippen MR) is 213 cm³/mol. The summed E-state index contributed by atoms with van der Waals surface area (Å²) in [5.41, 5.74) is 0.247. The first kappa shape index (κ1) is 41.9. The van der Waals surface area contributed by atoms with Crippen molar-refractivity contribution >= 4 is 33.8 Å². The molecule has 5 aliphatic heterocycles. The van der Waals surface area contributed by atoms with E-state index in [1.54, 1.807) is 25.3 Å². The van der Waals surface area contributed by atoms with Gasteiger partial charge in [-0.25, -0.2) is 14.2 Å². The van der Waals surface area contributed by atoms with Gasteiger partial charge in [-0.1, -0.05) is 0 Å². The zero-order chi connectivity index (χ0) is 41.4. The summed E-state index contributed by atoms with van der Waals surface area (Å²) in [6.07, 6.45) is 7.97. The molecule has 1 spiro atoms. The fourth-order valence-corrected chi connectivity index (χ4v) is 11.4. The molecule has 0 radical (unpaired) electrons. The minimum atomic E-state index is -3.65. The Balaban J connectivity index is 0.874. The Morgan fingerprint density at radius 1 is 1.00 bits per heavy atom. The molecule has 0 aliphatic carbocycles. The smallest absolute Gasteiger partial charge is 0.330 e. The number of anilines is 1. The van der Waals surface area contributed by atoms with Gasteiger partial charge in [0, 0.05) is 87.5 Å². The number of piperidine rings is 2. The van der Waals surface area contributed by atoms with Crippen LogP contribution in [-0.2, 0) is 24.5 Å². The van der Waals surface area contributed by atoms with Crippen LogP contribution in [0.25, 0.3) is 0 Å². The van der Waals surface area contributed by atoms with E-state index in [-0.39, 0.29) is 71.7 Å². The van der Waals surface area contributed by atoms with Gasteiger partial charge in [-0.05, 0) is 104 Å². The van der Waals surface area contributed by atoms with E-state index < -0.39 is 22.0 Å². The summed E-state index contributed by atoms with van der Waals surface area (Å²) in [7, 11) is -3.65. The lowest BCUT2D eigenvalue weighted by molar-refractivity contribution is -0.137. The molecule has 7 rings (SSSR count). The van der Waals surface area contributed by atoms with Gasteiger partial charge in [-0.2, -0.15) is 17.0 Å². The summed E-state index contributed by atoms with van der Waals surface area (Å²) in [5.74, 6) is -0.429. The second-order valence-electron chi connectivity index (χ2n) is 16.9. The van der Waals surface area contributed by atoms with Crippen molar-refractivity contribution in [3.63, 3.8) is 0 Å². The Labute approximate surface area is 340 Å². The lowest BCUT2D eigenvalue weighted by atomic mass is 9.72. The van der Waals surface area contributed by atoms with Crippen molar-refractivity contribution < 1.29 is 36.7 Å². The van der Waals surface area contributed by atoms with Crippen molar-refractivity contribution in [1.82, 2.24) is 38.5 Å². The average Bonchev–Trinajstić information content (AvgIpc) is 3.80. The Morgan fingerprint density at radius 3 is 2.34 bits per heavy atom. The number of hydrogen-bond donors (Lipinski definition) is 0. The molecule has 5 aliphatic rings. The molecule has 5 saturated heterocycles. The number of nitrogens with zero attached hydrogens (tertiary/aromatic N) is 9.